The smallest absolute Gasteiger partial charge is 0.226 e. The molecule has 0 spiro atoms. The molecule has 232 valence electrons. The summed E-state index contributed by atoms with van der Waals surface area (Å²) in [7, 11) is 0. The van der Waals surface area contributed by atoms with E-state index in [2.05, 4.69) is 58.5 Å². The highest BCUT2D eigenvalue weighted by Gasteiger charge is 2.37. The summed E-state index contributed by atoms with van der Waals surface area (Å²) in [5, 5.41) is 13.7. The summed E-state index contributed by atoms with van der Waals surface area (Å²) in [6.45, 7) is 5.25. The van der Waals surface area contributed by atoms with E-state index in [-0.39, 0.29) is 11.8 Å². The van der Waals surface area contributed by atoms with Gasteiger partial charge in [0.2, 0.25) is 5.88 Å². The van der Waals surface area contributed by atoms with Crippen molar-refractivity contribution in [2.75, 3.05) is 18.5 Å². The van der Waals surface area contributed by atoms with Gasteiger partial charge in [0.15, 0.2) is 0 Å². The van der Waals surface area contributed by atoms with Crippen LogP contribution in [0.5, 0.6) is 5.88 Å². The van der Waals surface area contributed by atoms with Gasteiger partial charge in [-0.3, -0.25) is 5.41 Å². The van der Waals surface area contributed by atoms with Gasteiger partial charge in [-0.15, -0.1) is 0 Å². The molecule has 0 aliphatic carbocycles. The Morgan fingerprint density at radius 2 is 1.33 bits per heavy atom. The highest BCUT2D eigenvalue weighted by atomic mass is 35.5. The minimum atomic E-state index is -0.813. The van der Waals surface area contributed by atoms with Crippen molar-refractivity contribution in [2.45, 2.75) is 38.3 Å². The van der Waals surface area contributed by atoms with E-state index in [4.69, 9.17) is 21.1 Å². The molecule has 0 unspecified atom stereocenters. The van der Waals surface area contributed by atoms with Crippen molar-refractivity contribution < 1.29 is 9.47 Å². The van der Waals surface area contributed by atoms with Crippen LogP contribution in [0, 0.1) is 17.3 Å². The molecule has 0 radical (unpaired) electrons. The number of anilines is 1. The van der Waals surface area contributed by atoms with Crippen molar-refractivity contribution in [3.63, 3.8) is 0 Å². The summed E-state index contributed by atoms with van der Waals surface area (Å²) in [6, 6.07) is 40.3. The third kappa shape index (κ3) is 7.32. The molecular formula is C40H38ClN3O2. The van der Waals surface area contributed by atoms with Gasteiger partial charge in [0.25, 0.3) is 0 Å². The average Bonchev–Trinajstić information content (AvgIpc) is 3.12. The van der Waals surface area contributed by atoms with Crippen LogP contribution in [0.25, 0.3) is 0 Å². The number of halogens is 1. The number of aromatic nitrogens is 1. The van der Waals surface area contributed by atoms with Crippen LogP contribution in [-0.2, 0) is 10.3 Å². The lowest BCUT2D eigenvalue weighted by atomic mass is 9.76. The van der Waals surface area contributed by atoms with Crippen LogP contribution in [0.15, 0.2) is 128 Å². The van der Waals surface area contributed by atoms with Crippen LogP contribution in [0.2, 0.25) is 5.02 Å². The van der Waals surface area contributed by atoms with Crippen molar-refractivity contribution in [2.24, 2.45) is 0 Å². The van der Waals surface area contributed by atoms with Gasteiger partial charge in [0, 0.05) is 24.6 Å². The molecule has 1 aliphatic heterocycles. The first kappa shape index (κ1) is 32.5. The molecule has 6 heteroatoms. The van der Waals surface area contributed by atoms with Crippen LogP contribution in [0.1, 0.15) is 54.5 Å². The summed E-state index contributed by atoms with van der Waals surface area (Å²) in [5.41, 5.74) is 4.21. The van der Waals surface area contributed by atoms with Crippen molar-refractivity contribution in [3.8, 4) is 17.7 Å². The number of nitrogens with one attached hydrogen (secondary N) is 2. The molecule has 5 aromatic rings. The van der Waals surface area contributed by atoms with E-state index in [0.29, 0.717) is 40.9 Å². The zero-order valence-corrected chi connectivity index (χ0v) is 26.9. The van der Waals surface area contributed by atoms with Crippen molar-refractivity contribution >= 4 is 23.0 Å². The summed E-state index contributed by atoms with van der Waals surface area (Å²) < 4.78 is 12.1. The van der Waals surface area contributed by atoms with Gasteiger partial charge >= 0.3 is 0 Å². The lowest BCUT2D eigenvalue weighted by molar-refractivity contribution is 0.0237. The van der Waals surface area contributed by atoms with Crippen molar-refractivity contribution in [1.29, 1.82) is 5.41 Å². The minimum absolute atomic E-state index is 0.0725. The fourth-order valence-electron chi connectivity index (χ4n) is 5.57. The SMILES string of the molecule is CC.N=C(C#Cc1ccccc1Cl)c1c(NC(c2ccccc2)(c2ccccc2)c2ccccc2)ccnc1OC1CCOCC1. The molecule has 46 heavy (non-hydrogen) atoms. The zero-order chi connectivity index (χ0) is 32.2. The second kappa shape index (κ2) is 15.9. The Labute approximate surface area is 277 Å². The predicted octanol–water partition coefficient (Wildman–Crippen LogP) is 9.14. The number of pyridine rings is 1. The van der Waals surface area contributed by atoms with E-state index in [0.717, 1.165) is 29.5 Å². The van der Waals surface area contributed by atoms with E-state index in [1.807, 2.05) is 92.7 Å². The summed E-state index contributed by atoms with van der Waals surface area (Å²) in [4.78, 5) is 4.64. The number of benzene rings is 4. The molecule has 2 N–H and O–H groups in total. The second-order valence-electron chi connectivity index (χ2n) is 10.5. The Morgan fingerprint density at radius 3 is 1.87 bits per heavy atom. The number of nitrogens with zero attached hydrogens (tertiary/aromatic N) is 1. The van der Waals surface area contributed by atoms with E-state index in [9.17, 15) is 5.41 Å². The number of hydrogen-bond donors (Lipinski definition) is 2. The van der Waals surface area contributed by atoms with E-state index in [1.54, 1.807) is 12.3 Å². The van der Waals surface area contributed by atoms with Crippen LogP contribution >= 0.6 is 11.6 Å². The maximum atomic E-state index is 9.27. The highest BCUT2D eigenvalue weighted by Crippen LogP contribution is 2.41. The number of hydrogen-bond acceptors (Lipinski definition) is 5. The van der Waals surface area contributed by atoms with Gasteiger partial charge in [0.05, 0.1) is 29.5 Å². The van der Waals surface area contributed by atoms with Crippen LogP contribution < -0.4 is 10.1 Å². The second-order valence-corrected chi connectivity index (χ2v) is 11.0. The first-order chi connectivity index (χ1) is 22.6. The first-order valence-corrected chi connectivity index (χ1v) is 16.1. The van der Waals surface area contributed by atoms with E-state index in [1.165, 1.54) is 0 Å². The summed E-state index contributed by atoms with van der Waals surface area (Å²) in [6.07, 6.45) is 3.15. The lowest BCUT2D eigenvalue weighted by Gasteiger charge is -2.38. The Morgan fingerprint density at radius 1 is 0.804 bits per heavy atom. The van der Waals surface area contributed by atoms with E-state index >= 15 is 0 Å². The molecule has 0 amide bonds. The Hall–Kier alpha value is -4.89. The number of ether oxygens (including phenoxy) is 2. The Balaban J connectivity index is 0.00000204. The van der Waals surface area contributed by atoms with Gasteiger partial charge in [-0.2, -0.15) is 0 Å². The maximum Gasteiger partial charge on any atom is 0.226 e. The third-order valence-corrected chi connectivity index (χ3v) is 8.08. The molecule has 0 saturated carbocycles. The zero-order valence-electron chi connectivity index (χ0n) is 26.2. The summed E-state index contributed by atoms with van der Waals surface area (Å²) >= 11 is 6.40. The molecule has 1 aliphatic rings. The fraction of sp³-hybridized carbons (Fsp3) is 0.200. The molecule has 0 atom stereocenters. The van der Waals surface area contributed by atoms with Gasteiger partial charge in [-0.1, -0.05) is 134 Å². The maximum absolute atomic E-state index is 9.27. The third-order valence-electron chi connectivity index (χ3n) is 7.75. The standard InChI is InChI=1S/C38H32ClN3O2.C2H6/c39-33-19-11-10-12-28(33)20-21-34(40)36-35(22-25-41-37(36)44-32-23-26-43-27-24-32)42-38(29-13-4-1-5-14-29,30-15-6-2-7-16-30)31-17-8-3-9-18-31;1-2/h1-19,22,25,32,40H,23-24,26-27H2,(H,41,42);1-2H3. The van der Waals surface area contributed by atoms with Gasteiger partial charge in [-0.05, 0) is 40.8 Å². The molecule has 0 bridgehead atoms. The topological polar surface area (TPSA) is 67.2 Å². The van der Waals surface area contributed by atoms with Crippen LogP contribution in [-0.4, -0.2) is 30.0 Å². The first-order valence-electron chi connectivity index (χ1n) is 15.7. The molecule has 6 rings (SSSR count). The number of rotatable bonds is 8. The predicted molar refractivity (Wildman–Crippen MR) is 188 cm³/mol. The van der Waals surface area contributed by atoms with E-state index < -0.39 is 5.54 Å². The molecule has 1 saturated heterocycles. The fourth-order valence-corrected chi connectivity index (χ4v) is 5.75. The van der Waals surface area contributed by atoms with Crippen LogP contribution in [0.3, 0.4) is 0 Å². The normalized spacial score (nSPS) is 12.9. The van der Waals surface area contributed by atoms with Gasteiger partial charge in [-0.25, -0.2) is 4.98 Å². The molecule has 1 aromatic heterocycles. The Kier molecular flexibility index (Phi) is 11.2. The molecular weight excluding hydrogens is 590 g/mol. The Bertz CT molecular complexity index is 1680. The molecule has 1 fully saturated rings. The van der Waals surface area contributed by atoms with Gasteiger partial charge in [0.1, 0.15) is 17.4 Å². The van der Waals surface area contributed by atoms with Gasteiger partial charge < -0.3 is 14.8 Å². The van der Waals surface area contributed by atoms with Crippen LogP contribution in [0.4, 0.5) is 5.69 Å². The minimum Gasteiger partial charge on any atom is -0.474 e. The molecule has 5 nitrogen and oxygen atoms in total. The largest absolute Gasteiger partial charge is 0.474 e. The average molecular weight is 628 g/mol. The monoisotopic (exact) mass is 627 g/mol. The van der Waals surface area contributed by atoms with Crippen molar-refractivity contribution in [3.05, 3.63) is 160 Å². The quantitative estimate of drug-likeness (QED) is 0.102. The molecule has 2 heterocycles. The van der Waals surface area contributed by atoms with Crippen molar-refractivity contribution in [1.82, 2.24) is 4.98 Å². The lowest BCUT2D eigenvalue weighted by Crippen LogP contribution is -2.38. The molecule has 4 aromatic carbocycles. The summed E-state index contributed by atoms with van der Waals surface area (Å²) in [5.74, 6) is 6.50. The highest BCUT2D eigenvalue weighted by molar-refractivity contribution is 6.31.